The summed E-state index contributed by atoms with van der Waals surface area (Å²) in [6.45, 7) is 3.75. The van der Waals surface area contributed by atoms with Crippen LogP contribution in [0.4, 0.5) is 0 Å². The van der Waals surface area contributed by atoms with Crippen LogP contribution in [0.15, 0.2) is 30.3 Å². The molecule has 2 heterocycles. The lowest BCUT2D eigenvalue weighted by Gasteiger charge is -2.13. The van der Waals surface area contributed by atoms with E-state index in [0.717, 1.165) is 54.4 Å². The first-order valence-corrected chi connectivity index (χ1v) is 8.35. The van der Waals surface area contributed by atoms with Gasteiger partial charge in [0, 0.05) is 19.5 Å². The van der Waals surface area contributed by atoms with Crippen LogP contribution in [0.3, 0.4) is 0 Å². The van der Waals surface area contributed by atoms with Gasteiger partial charge in [-0.25, -0.2) is 4.98 Å². The molecule has 3 nitrogen and oxygen atoms in total. The summed E-state index contributed by atoms with van der Waals surface area (Å²) in [7, 11) is 0. The van der Waals surface area contributed by atoms with Gasteiger partial charge in [-0.1, -0.05) is 30.3 Å². The fourth-order valence-corrected chi connectivity index (χ4v) is 3.75. The van der Waals surface area contributed by atoms with Crippen molar-refractivity contribution in [2.24, 2.45) is 0 Å². The van der Waals surface area contributed by atoms with E-state index in [0.29, 0.717) is 0 Å². The molecule has 1 fully saturated rings. The summed E-state index contributed by atoms with van der Waals surface area (Å²) >= 11 is 1.57. The highest BCUT2D eigenvalue weighted by molar-refractivity contribution is 7.13. The normalized spacial score (nSPS) is 14.6. The smallest absolute Gasteiger partial charge is 0.265 e. The molecule has 1 amide bonds. The molecule has 3 rings (SSSR count). The van der Waals surface area contributed by atoms with Gasteiger partial charge in [-0.15, -0.1) is 11.3 Å². The van der Waals surface area contributed by atoms with Gasteiger partial charge >= 0.3 is 0 Å². The van der Waals surface area contributed by atoms with Crippen molar-refractivity contribution >= 4 is 17.2 Å². The van der Waals surface area contributed by atoms with E-state index in [-0.39, 0.29) is 5.91 Å². The molecule has 0 bridgehead atoms. The third-order valence-electron chi connectivity index (χ3n) is 3.90. The Balaban J connectivity index is 1.67. The third kappa shape index (κ3) is 3.32. The Labute approximate surface area is 129 Å². The second kappa shape index (κ2) is 6.39. The maximum atomic E-state index is 12.5. The summed E-state index contributed by atoms with van der Waals surface area (Å²) in [6, 6.07) is 10.4. The van der Waals surface area contributed by atoms with Crippen LogP contribution >= 0.6 is 11.3 Å². The molecular weight excluding hydrogens is 280 g/mol. The molecule has 2 aromatic rings. The van der Waals surface area contributed by atoms with E-state index in [1.54, 1.807) is 11.3 Å². The lowest BCUT2D eigenvalue weighted by Crippen LogP contribution is -2.27. The highest BCUT2D eigenvalue weighted by atomic mass is 32.1. The second-order valence-electron chi connectivity index (χ2n) is 5.51. The van der Waals surface area contributed by atoms with Crippen LogP contribution in [-0.2, 0) is 12.8 Å². The molecule has 0 spiro atoms. The van der Waals surface area contributed by atoms with Crippen molar-refractivity contribution in [3.8, 4) is 0 Å². The molecule has 1 aromatic heterocycles. The van der Waals surface area contributed by atoms with E-state index in [1.807, 2.05) is 17.9 Å². The van der Waals surface area contributed by atoms with E-state index >= 15 is 0 Å². The van der Waals surface area contributed by atoms with Crippen molar-refractivity contribution in [2.75, 3.05) is 13.1 Å². The van der Waals surface area contributed by atoms with Crippen LogP contribution in [-0.4, -0.2) is 28.9 Å². The first-order chi connectivity index (χ1) is 10.2. The van der Waals surface area contributed by atoms with Crippen molar-refractivity contribution in [2.45, 2.75) is 32.6 Å². The first kappa shape index (κ1) is 14.3. The van der Waals surface area contributed by atoms with Gasteiger partial charge in [0.15, 0.2) is 0 Å². The van der Waals surface area contributed by atoms with Crippen LogP contribution < -0.4 is 0 Å². The zero-order valence-corrected chi connectivity index (χ0v) is 13.2. The molecule has 1 aromatic carbocycles. The monoisotopic (exact) mass is 300 g/mol. The molecule has 0 atom stereocenters. The van der Waals surface area contributed by atoms with Gasteiger partial charge in [0.05, 0.1) is 10.7 Å². The average molecular weight is 300 g/mol. The number of nitrogens with zero attached hydrogens (tertiary/aromatic N) is 2. The van der Waals surface area contributed by atoms with Crippen LogP contribution in [0.25, 0.3) is 0 Å². The minimum Gasteiger partial charge on any atom is -0.338 e. The third-order valence-corrected chi connectivity index (χ3v) is 5.10. The van der Waals surface area contributed by atoms with Crippen molar-refractivity contribution in [1.82, 2.24) is 9.88 Å². The maximum absolute atomic E-state index is 12.5. The van der Waals surface area contributed by atoms with Gasteiger partial charge in [-0.2, -0.15) is 0 Å². The molecule has 0 aliphatic carbocycles. The number of rotatable bonds is 4. The Bertz CT molecular complexity index is 615. The standard InChI is InChI=1S/C17H20N2OS/c1-13-16(17(20)19-11-5-6-12-19)21-15(18-13)10-9-14-7-3-2-4-8-14/h2-4,7-8H,5-6,9-12H2,1H3. The van der Waals surface area contributed by atoms with Crippen LogP contribution in [0.1, 0.15) is 38.8 Å². The molecule has 0 radical (unpaired) electrons. The number of benzene rings is 1. The van der Waals surface area contributed by atoms with Gasteiger partial charge < -0.3 is 4.90 Å². The van der Waals surface area contributed by atoms with Crippen molar-refractivity contribution < 1.29 is 4.79 Å². The van der Waals surface area contributed by atoms with E-state index in [1.165, 1.54) is 5.56 Å². The number of hydrogen-bond donors (Lipinski definition) is 0. The largest absolute Gasteiger partial charge is 0.338 e. The lowest BCUT2D eigenvalue weighted by atomic mass is 10.1. The fraction of sp³-hybridized carbons (Fsp3) is 0.412. The molecule has 0 saturated carbocycles. The lowest BCUT2D eigenvalue weighted by molar-refractivity contribution is 0.0796. The quantitative estimate of drug-likeness (QED) is 0.866. The van der Waals surface area contributed by atoms with Gasteiger partial charge in [0.2, 0.25) is 0 Å². The van der Waals surface area contributed by atoms with E-state index in [9.17, 15) is 4.79 Å². The first-order valence-electron chi connectivity index (χ1n) is 7.53. The molecular formula is C17H20N2OS. The Morgan fingerprint density at radius 3 is 2.62 bits per heavy atom. The molecule has 1 aliphatic heterocycles. The summed E-state index contributed by atoms with van der Waals surface area (Å²) < 4.78 is 0. The number of thiazole rings is 1. The molecule has 21 heavy (non-hydrogen) atoms. The zero-order valence-electron chi connectivity index (χ0n) is 12.3. The molecule has 0 unspecified atom stereocenters. The molecule has 1 aliphatic rings. The predicted octanol–water partition coefficient (Wildman–Crippen LogP) is 3.47. The molecule has 4 heteroatoms. The van der Waals surface area contributed by atoms with E-state index in [4.69, 9.17) is 0 Å². The second-order valence-corrected chi connectivity index (χ2v) is 6.59. The number of likely N-dealkylation sites (tertiary alicyclic amines) is 1. The Morgan fingerprint density at radius 2 is 1.90 bits per heavy atom. The Kier molecular flexibility index (Phi) is 4.34. The molecule has 1 saturated heterocycles. The van der Waals surface area contributed by atoms with Gasteiger partial charge in [0.25, 0.3) is 5.91 Å². The summed E-state index contributed by atoms with van der Waals surface area (Å²) in [5.74, 6) is 0.175. The van der Waals surface area contributed by atoms with Crippen LogP contribution in [0, 0.1) is 6.92 Å². The van der Waals surface area contributed by atoms with E-state index < -0.39 is 0 Å². The SMILES string of the molecule is Cc1nc(CCc2ccccc2)sc1C(=O)N1CCCC1. The van der Waals surface area contributed by atoms with E-state index in [2.05, 4.69) is 29.2 Å². The number of hydrogen-bond acceptors (Lipinski definition) is 3. The number of carbonyl (C=O) groups excluding carboxylic acids is 1. The summed E-state index contributed by atoms with van der Waals surface area (Å²) in [5.41, 5.74) is 2.21. The topological polar surface area (TPSA) is 33.2 Å². The number of aryl methyl sites for hydroxylation is 3. The molecule has 110 valence electrons. The summed E-state index contributed by atoms with van der Waals surface area (Å²) in [6.07, 6.45) is 4.14. The fourth-order valence-electron chi connectivity index (χ4n) is 2.72. The van der Waals surface area contributed by atoms with Gasteiger partial charge in [0.1, 0.15) is 4.88 Å². The number of amides is 1. The van der Waals surface area contributed by atoms with Gasteiger partial charge in [-0.3, -0.25) is 4.79 Å². The van der Waals surface area contributed by atoms with Crippen molar-refractivity contribution in [1.29, 1.82) is 0 Å². The average Bonchev–Trinajstić information content (AvgIpc) is 3.15. The minimum atomic E-state index is 0.175. The minimum absolute atomic E-state index is 0.175. The van der Waals surface area contributed by atoms with Crippen molar-refractivity contribution in [3.63, 3.8) is 0 Å². The Morgan fingerprint density at radius 1 is 1.19 bits per heavy atom. The zero-order chi connectivity index (χ0) is 14.7. The summed E-state index contributed by atoms with van der Waals surface area (Å²) in [5, 5.41) is 1.07. The van der Waals surface area contributed by atoms with Crippen LogP contribution in [0.2, 0.25) is 0 Å². The van der Waals surface area contributed by atoms with Crippen LogP contribution in [0.5, 0.6) is 0 Å². The molecule has 0 N–H and O–H groups in total. The highest BCUT2D eigenvalue weighted by Gasteiger charge is 2.23. The van der Waals surface area contributed by atoms with Crippen molar-refractivity contribution in [3.05, 3.63) is 51.5 Å². The summed E-state index contributed by atoms with van der Waals surface area (Å²) in [4.78, 5) is 19.8. The maximum Gasteiger partial charge on any atom is 0.265 e. The number of aromatic nitrogens is 1. The van der Waals surface area contributed by atoms with Gasteiger partial charge in [-0.05, 0) is 31.7 Å². The predicted molar refractivity (Wildman–Crippen MR) is 85.8 cm³/mol. The Hall–Kier alpha value is -1.68. The highest BCUT2D eigenvalue weighted by Crippen LogP contribution is 2.23. The number of carbonyl (C=O) groups is 1.